The van der Waals surface area contributed by atoms with Crippen molar-refractivity contribution >= 4 is 17.0 Å². The molecule has 0 aliphatic carbocycles. The molecule has 200 valence electrons. The van der Waals surface area contributed by atoms with Crippen LogP contribution in [-0.4, -0.2) is 56.3 Å². The number of fused-ring (bicyclic) bond motifs is 1. The molecule has 1 aliphatic heterocycles. The number of hydrogen-bond donors (Lipinski definition) is 0. The van der Waals surface area contributed by atoms with E-state index in [0.29, 0.717) is 58.3 Å². The quantitative estimate of drug-likeness (QED) is 0.314. The highest BCUT2D eigenvalue weighted by atomic mass is 16.5. The Hall–Kier alpha value is -4.35. The number of pyridine rings is 1. The van der Waals surface area contributed by atoms with Crippen LogP contribution in [0.1, 0.15) is 29.8 Å². The molecule has 2 unspecified atom stereocenters. The predicted octanol–water partition coefficient (Wildman–Crippen LogP) is 5.79. The number of nitriles is 1. The van der Waals surface area contributed by atoms with Gasteiger partial charge >= 0.3 is 0 Å². The van der Waals surface area contributed by atoms with Gasteiger partial charge in [-0.25, -0.2) is 0 Å². The number of benzene rings is 2. The molecule has 1 aliphatic rings. The Kier molecular flexibility index (Phi) is 7.27. The van der Waals surface area contributed by atoms with E-state index in [1.807, 2.05) is 36.4 Å². The molecule has 8 heteroatoms. The summed E-state index contributed by atoms with van der Waals surface area (Å²) in [5, 5.41) is 9.94. The van der Waals surface area contributed by atoms with E-state index in [4.69, 9.17) is 18.6 Å². The SMILES string of the molecule is COc1cc(C(=O)N(C)C)ccc1-c1cc2nccc(-c3ccc(OC4C(C)COCC4C)c(C#N)c3)c2o1. The number of carbonyl (C=O) groups excluding carboxylic acids is 1. The van der Waals surface area contributed by atoms with Gasteiger partial charge in [0.1, 0.15) is 34.9 Å². The van der Waals surface area contributed by atoms with Crippen LogP contribution < -0.4 is 9.47 Å². The van der Waals surface area contributed by atoms with Crippen molar-refractivity contribution in [3.63, 3.8) is 0 Å². The molecule has 39 heavy (non-hydrogen) atoms. The van der Waals surface area contributed by atoms with Gasteiger partial charge in [-0.3, -0.25) is 9.78 Å². The average Bonchev–Trinajstić information content (AvgIpc) is 3.38. The maximum atomic E-state index is 12.4. The summed E-state index contributed by atoms with van der Waals surface area (Å²) >= 11 is 0. The predicted molar refractivity (Wildman–Crippen MR) is 148 cm³/mol. The van der Waals surface area contributed by atoms with Crippen LogP contribution in [0.4, 0.5) is 0 Å². The first-order valence-corrected chi connectivity index (χ1v) is 12.9. The molecular weight excluding hydrogens is 494 g/mol. The fourth-order valence-corrected chi connectivity index (χ4v) is 5.04. The lowest BCUT2D eigenvalue weighted by Crippen LogP contribution is -2.41. The molecule has 1 saturated heterocycles. The van der Waals surface area contributed by atoms with Gasteiger partial charge < -0.3 is 23.5 Å². The van der Waals surface area contributed by atoms with E-state index in [-0.39, 0.29) is 23.8 Å². The van der Waals surface area contributed by atoms with Crippen molar-refractivity contribution in [2.45, 2.75) is 20.0 Å². The second kappa shape index (κ2) is 10.8. The van der Waals surface area contributed by atoms with Gasteiger partial charge in [-0.15, -0.1) is 0 Å². The van der Waals surface area contributed by atoms with Crippen LogP contribution >= 0.6 is 0 Å². The zero-order valence-corrected chi connectivity index (χ0v) is 22.7. The molecule has 2 atom stereocenters. The Morgan fingerprint density at radius 1 is 1.03 bits per heavy atom. The Morgan fingerprint density at radius 2 is 1.79 bits per heavy atom. The monoisotopic (exact) mass is 525 g/mol. The van der Waals surface area contributed by atoms with Crippen LogP contribution in [0.3, 0.4) is 0 Å². The number of hydrogen-bond acceptors (Lipinski definition) is 7. The highest BCUT2D eigenvalue weighted by molar-refractivity contribution is 5.96. The van der Waals surface area contributed by atoms with Crippen molar-refractivity contribution in [3.05, 3.63) is 65.9 Å². The van der Waals surface area contributed by atoms with E-state index in [9.17, 15) is 10.1 Å². The molecule has 5 rings (SSSR count). The zero-order valence-electron chi connectivity index (χ0n) is 22.7. The second-order valence-corrected chi connectivity index (χ2v) is 10.2. The lowest BCUT2D eigenvalue weighted by molar-refractivity contribution is -0.0551. The number of furan rings is 1. The number of methoxy groups -OCH3 is 1. The minimum atomic E-state index is -0.116. The normalized spacial score (nSPS) is 18.9. The van der Waals surface area contributed by atoms with Crippen LogP contribution in [0.15, 0.2) is 59.1 Å². The van der Waals surface area contributed by atoms with Crippen molar-refractivity contribution in [1.82, 2.24) is 9.88 Å². The van der Waals surface area contributed by atoms with Crippen molar-refractivity contribution in [2.75, 3.05) is 34.4 Å². The third-order valence-corrected chi connectivity index (χ3v) is 7.09. The summed E-state index contributed by atoms with van der Waals surface area (Å²) in [6.07, 6.45) is 1.70. The van der Waals surface area contributed by atoms with Crippen LogP contribution in [0.2, 0.25) is 0 Å². The molecule has 4 aromatic rings. The summed E-state index contributed by atoms with van der Waals surface area (Å²) < 4.78 is 23.9. The molecule has 0 N–H and O–H groups in total. The zero-order chi connectivity index (χ0) is 27.7. The highest BCUT2D eigenvalue weighted by Gasteiger charge is 2.31. The molecule has 0 radical (unpaired) electrons. The van der Waals surface area contributed by atoms with Crippen molar-refractivity contribution in [3.8, 4) is 40.0 Å². The third-order valence-electron chi connectivity index (χ3n) is 7.09. The van der Waals surface area contributed by atoms with Gasteiger partial charge in [0.15, 0.2) is 5.58 Å². The second-order valence-electron chi connectivity index (χ2n) is 10.2. The van der Waals surface area contributed by atoms with Gasteiger partial charge in [-0.2, -0.15) is 5.26 Å². The molecule has 3 heterocycles. The fraction of sp³-hybridized carbons (Fsp3) is 0.323. The molecule has 0 spiro atoms. The van der Waals surface area contributed by atoms with Crippen molar-refractivity contribution in [2.24, 2.45) is 11.8 Å². The van der Waals surface area contributed by atoms with Crippen LogP contribution in [0, 0.1) is 23.2 Å². The van der Waals surface area contributed by atoms with E-state index < -0.39 is 0 Å². The lowest BCUT2D eigenvalue weighted by Gasteiger charge is -2.34. The highest BCUT2D eigenvalue weighted by Crippen LogP contribution is 2.39. The number of nitrogens with zero attached hydrogens (tertiary/aromatic N) is 3. The van der Waals surface area contributed by atoms with Crippen molar-refractivity contribution in [1.29, 1.82) is 5.26 Å². The maximum Gasteiger partial charge on any atom is 0.253 e. The van der Waals surface area contributed by atoms with E-state index >= 15 is 0 Å². The fourth-order valence-electron chi connectivity index (χ4n) is 5.04. The molecule has 1 fully saturated rings. The molecule has 0 saturated carbocycles. The minimum Gasteiger partial charge on any atom is -0.496 e. The number of amides is 1. The standard InChI is InChI=1S/C31H31N3O5/c1-18-16-37-17-19(2)29(18)38-26-9-7-20(12-22(26)15-32)23-10-11-33-25-14-28(39-30(23)25)24-8-6-21(13-27(24)36-5)31(35)34(3)4/h6-14,18-19,29H,16-17H2,1-5H3. The van der Waals surface area contributed by atoms with Gasteiger partial charge in [-0.05, 0) is 42.0 Å². The van der Waals surface area contributed by atoms with E-state index in [2.05, 4.69) is 24.9 Å². The van der Waals surface area contributed by atoms with Crippen LogP contribution in [-0.2, 0) is 4.74 Å². The largest absolute Gasteiger partial charge is 0.496 e. The Labute approximate surface area is 227 Å². The summed E-state index contributed by atoms with van der Waals surface area (Å²) in [5.41, 5.74) is 4.57. The first-order chi connectivity index (χ1) is 18.8. The van der Waals surface area contributed by atoms with Crippen LogP contribution in [0.5, 0.6) is 11.5 Å². The van der Waals surface area contributed by atoms with E-state index in [1.54, 1.807) is 39.5 Å². The van der Waals surface area contributed by atoms with Gasteiger partial charge in [0, 0.05) is 49.3 Å². The minimum absolute atomic E-state index is 0.0219. The van der Waals surface area contributed by atoms with Crippen molar-refractivity contribution < 1.29 is 23.4 Å². The molecular formula is C31H31N3O5. The summed E-state index contributed by atoms with van der Waals surface area (Å²) in [5.74, 6) is 1.99. The Bertz CT molecular complexity index is 1560. The first-order valence-electron chi connectivity index (χ1n) is 12.9. The van der Waals surface area contributed by atoms with Gasteiger partial charge in [-0.1, -0.05) is 19.9 Å². The first kappa shape index (κ1) is 26.3. The Morgan fingerprint density at radius 3 is 2.49 bits per heavy atom. The molecule has 1 amide bonds. The third kappa shape index (κ3) is 5.06. The number of carbonyl (C=O) groups is 1. The molecule has 2 aromatic heterocycles. The molecule has 0 bridgehead atoms. The average molecular weight is 526 g/mol. The number of aromatic nitrogens is 1. The molecule has 2 aromatic carbocycles. The van der Waals surface area contributed by atoms with E-state index in [1.165, 1.54) is 4.90 Å². The number of ether oxygens (including phenoxy) is 3. The summed E-state index contributed by atoms with van der Waals surface area (Å²) in [6.45, 7) is 5.49. The van der Waals surface area contributed by atoms with Crippen LogP contribution in [0.25, 0.3) is 33.6 Å². The lowest BCUT2D eigenvalue weighted by atomic mass is 9.92. The smallest absolute Gasteiger partial charge is 0.253 e. The van der Waals surface area contributed by atoms with Gasteiger partial charge in [0.25, 0.3) is 5.91 Å². The number of rotatable bonds is 6. The topological polar surface area (TPSA) is 97.8 Å². The summed E-state index contributed by atoms with van der Waals surface area (Å²) in [7, 11) is 4.97. The summed E-state index contributed by atoms with van der Waals surface area (Å²) in [6, 6.07) is 16.9. The molecule has 8 nitrogen and oxygen atoms in total. The Balaban J connectivity index is 1.51. The van der Waals surface area contributed by atoms with Gasteiger partial charge in [0.05, 0.1) is 31.5 Å². The summed E-state index contributed by atoms with van der Waals surface area (Å²) in [4.78, 5) is 18.4. The van der Waals surface area contributed by atoms with E-state index in [0.717, 1.165) is 11.1 Å². The maximum absolute atomic E-state index is 12.4. The van der Waals surface area contributed by atoms with Gasteiger partial charge in [0.2, 0.25) is 0 Å².